The van der Waals surface area contributed by atoms with Crippen molar-refractivity contribution in [3.05, 3.63) is 34.9 Å². The van der Waals surface area contributed by atoms with E-state index in [4.69, 9.17) is 0 Å². The first kappa shape index (κ1) is 14.8. The number of carbonyl (C=O) groups is 1. The molecule has 0 aliphatic heterocycles. The first-order valence-corrected chi connectivity index (χ1v) is 8.71. The van der Waals surface area contributed by atoms with Crippen molar-refractivity contribution in [2.45, 2.75) is 71.1 Å². The van der Waals surface area contributed by atoms with Crippen LogP contribution in [0.3, 0.4) is 0 Å². The van der Waals surface area contributed by atoms with Gasteiger partial charge in [-0.05, 0) is 75.7 Å². The molecule has 114 valence electrons. The van der Waals surface area contributed by atoms with Crippen LogP contribution in [0, 0.1) is 25.7 Å². The summed E-state index contributed by atoms with van der Waals surface area (Å²) in [5.74, 6) is 2.99. The number of hydrogen-bond donors (Lipinski definition) is 0. The second kappa shape index (κ2) is 6.34. The van der Waals surface area contributed by atoms with Crippen molar-refractivity contribution in [3.8, 4) is 0 Å². The fourth-order valence-corrected chi connectivity index (χ4v) is 4.60. The van der Waals surface area contributed by atoms with Gasteiger partial charge in [0, 0.05) is 12.8 Å². The maximum atomic E-state index is 11.4. The lowest BCUT2D eigenvalue weighted by Gasteiger charge is -2.35. The molecule has 0 bridgehead atoms. The van der Waals surface area contributed by atoms with Gasteiger partial charge in [0.15, 0.2) is 0 Å². The van der Waals surface area contributed by atoms with E-state index in [1.165, 1.54) is 36.8 Å². The van der Waals surface area contributed by atoms with Gasteiger partial charge in [-0.15, -0.1) is 0 Å². The third-order valence-electron chi connectivity index (χ3n) is 5.74. The molecule has 0 unspecified atom stereocenters. The number of rotatable bonds is 2. The van der Waals surface area contributed by atoms with Gasteiger partial charge in [-0.1, -0.05) is 29.3 Å². The molecule has 1 aromatic rings. The fraction of sp³-hybridized carbons (Fsp3) is 0.650. The number of Topliss-reactive ketones (excluding diaryl/α,β-unsaturated/α-hetero) is 1. The molecule has 0 saturated heterocycles. The maximum Gasteiger partial charge on any atom is 0.132 e. The van der Waals surface area contributed by atoms with E-state index in [1.54, 1.807) is 5.56 Å². The van der Waals surface area contributed by atoms with E-state index in [-0.39, 0.29) is 0 Å². The molecule has 0 radical (unpaired) electrons. The Kier molecular flexibility index (Phi) is 4.47. The summed E-state index contributed by atoms with van der Waals surface area (Å²) >= 11 is 0. The highest BCUT2D eigenvalue weighted by atomic mass is 16.1. The molecule has 0 spiro atoms. The van der Waals surface area contributed by atoms with Crippen LogP contribution in [-0.4, -0.2) is 5.78 Å². The molecule has 0 amide bonds. The summed E-state index contributed by atoms with van der Waals surface area (Å²) in [7, 11) is 0. The van der Waals surface area contributed by atoms with E-state index < -0.39 is 0 Å². The van der Waals surface area contributed by atoms with Gasteiger partial charge in [0.05, 0.1) is 0 Å². The van der Waals surface area contributed by atoms with Crippen molar-refractivity contribution in [2.24, 2.45) is 11.8 Å². The topological polar surface area (TPSA) is 17.1 Å². The highest BCUT2D eigenvalue weighted by molar-refractivity contribution is 5.79. The predicted molar refractivity (Wildman–Crippen MR) is 87.6 cm³/mol. The first-order chi connectivity index (χ1) is 10.1. The molecule has 2 aliphatic rings. The number of ketones is 1. The number of hydrogen-bond acceptors (Lipinski definition) is 1. The van der Waals surface area contributed by atoms with E-state index >= 15 is 0 Å². The van der Waals surface area contributed by atoms with Crippen LogP contribution < -0.4 is 0 Å². The second-order valence-corrected chi connectivity index (χ2v) is 7.41. The van der Waals surface area contributed by atoms with Crippen LogP contribution in [0.4, 0.5) is 0 Å². The van der Waals surface area contributed by atoms with Crippen LogP contribution in [0.2, 0.25) is 0 Å². The molecule has 0 heterocycles. The lowest BCUT2D eigenvalue weighted by molar-refractivity contribution is -0.121. The van der Waals surface area contributed by atoms with Gasteiger partial charge in [0.2, 0.25) is 0 Å². The Labute approximate surface area is 129 Å². The van der Waals surface area contributed by atoms with Crippen LogP contribution in [0.1, 0.15) is 74.0 Å². The van der Waals surface area contributed by atoms with Crippen molar-refractivity contribution in [1.29, 1.82) is 0 Å². The highest BCUT2D eigenvalue weighted by Crippen LogP contribution is 2.42. The van der Waals surface area contributed by atoms with E-state index in [2.05, 4.69) is 32.0 Å². The quantitative estimate of drug-likeness (QED) is 0.716. The van der Waals surface area contributed by atoms with Crippen LogP contribution in [0.25, 0.3) is 0 Å². The van der Waals surface area contributed by atoms with Crippen molar-refractivity contribution in [3.63, 3.8) is 0 Å². The van der Waals surface area contributed by atoms with Gasteiger partial charge >= 0.3 is 0 Å². The van der Waals surface area contributed by atoms with Crippen LogP contribution in [0.15, 0.2) is 18.2 Å². The van der Waals surface area contributed by atoms with Crippen LogP contribution in [-0.2, 0) is 4.79 Å². The number of aryl methyl sites for hydroxylation is 2. The molecule has 21 heavy (non-hydrogen) atoms. The third-order valence-corrected chi connectivity index (χ3v) is 5.74. The first-order valence-electron chi connectivity index (χ1n) is 8.71. The minimum absolute atomic E-state index is 0.496. The summed E-state index contributed by atoms with van der Waals surface area (Å²) in [6.45, 7) is 4.42. The van der Waals surface area contributed by atoms with Gasteiger partial charge in [-0.2, -0.15) is 0 Å². The predicted octanol–water partition coefficient (Wildman–Crippen LogP) is 5.34. The Balaban J connectivity index is 1.58. The molecule has 3 rings (SSSR count). The van der Waals surface area contributed by atoms with E-state index in [9.17, 15) is 4.79 Å². The minimum Gasteiger partial charge on any atom is -0.300 e. The molecule has 2 fully saturated rings. The normalized spacial score (nSPS) is 27.8. The summed E-state index contributed by atoms with van der Waals surface area (Å²) < 4.78 is 0. The third kappa shape index (κ3) is 3.56. The monoisotopic (exact) mass is 284 g/mol. The molecule has 2 saturated carbocycles. The standard InChI is InChI=1S/C20H28O/c1-14-11-15(2)13-19(12-14)18-5-3-16(4-6-18)17-7-9-20(21)10-8-17/h11-13,16-18H,3-10H2,1-2H3. The summed E-state index contributed by atoms with van der Waals surface area (Å²) in [6.07, 6.45) is 9.46. The van der Waals surface area contributed by atoms with E-state index in [0.29, 0.717) is 5.78 Å². The molecule has 0 atom stereocenters. The number of carbonyl (C=O) groups excluding carboxylic acids is 1. The lowest BCUT2D eigenvalue weighted by atomic mass is 9.69. The van der Waals surface area contributed by atoms with Crippen molar-refractivity contribution >= 4 is 5.78 Å². The Morgan fingerprint density at radius 2 is 1.29 bits per heavy atom. The van der Waals surface area contributed by atoms with E-state index in [0.717, 1.165) is 43.4 Å². The summed E-state index contributed by atoms with van der Waals surface area (Å²) in [5.41, 5.74) is 4.36. The number of benzene rings is 1. The smallest absolute Gasteiger partial charge is 0.132 e. The fourth-order valence-electron chi connectivity index (χ4n) is 4.60. The Morgan fingerprint density at radius 1 is 0.762 bits per heavy atom. The van der Waals surface area contributed by atoms with Gasteiger partial charge in [-0.3, -0.25) is 4.79 Å². The van der Waals surface area contributed by atoms with Gasteiger partial charge in [0.25, 0.3) is 0 Å². The van der Waals surface area contributed by atoms with Gasteiger partial charge in [-0.25, -0.2) is 0 Å². The minimum atomic E-state index is 0.496. The molecule has 1 nitrogen and oxygen atoms in total. The largest absolute Gasteiger partial charge is 0.300 e. The second-order valence-electron chi connectivity index (χ2n) is 7.41. The Bertz CT molecular complexity index is 478. The Hall–Kier alpha value is -1.11. The van der Waals surface area contributed by atoms with Crippen LogP contribution in [0.5, 0.6) is 0 Å². The average Bonchev–Trinajstić information content (AvgIpc) is 2.47. The summed E-state index contributed by atoms with van der Waals surface area (Å²) in [4.78, 5) is 11.4. The van der Waals surface area contributed by atoms with Crippen molar-refractivity contribution in [2.75, 3.05) is 0 Å². The summed E-state index contributed by atoms with van der Waals surface area (Å²) in [6, 6.07) is 7.04. The van der Waals surface area contributed by atoms with E-state index in [1.807, 2.05) is 0 Å². The zero-order valence-corrected chi connectivity index (χ0v) is 13.5. The maximum absolute atomic E-state index is 11.4. The molecular weight excluding hydrogens is 256 g/mol. The average molecular weight is 284 g/mol. The lowest BCUT2D eigenvalue weighted by Crippen LogP contribution is -2.25. The molecule has 1 aromatic carbocycles. The molecule has 2 aliphatic carbocycles. The molecule has 1 heteroatoms. The molecular formula is C20H28O. The van der Waals surface area contributed by atoms with Gasteiger partial charge < -0.3 is 0 Å². The zero-order chi connectivity index (χ0) is 14.8. The molecule has 0 N–H and O–H groups in total. The summed E-state index contributed by atoms with van der Waals surface area (Å²) in [5, 5.41) is 0. The molecule has 0 aromatic heterocycles. The zero-order valence-electron chi connectivity index (χ0n) is 13.5. The van der Waals surface area contributed by atoms with Crippen molar-refractivity contribution in [1.82, 2.24) is 0 Å². The Morgan fingerprint density at radius 3 is 1.86 bits per heavy atom. The SMILES string of the molecule is Cc1cc(C)cc(C2CCC(C3CCC(=O)CC3)CC2)c1. The van der Waals surface area contributed by atoms with Crippen LogP contribution >= 0.6 is 0 Å². The van der Waals surface area contributed by atoms with Crippen molar-refractivity contribution < 1.29 is 4.79 Å². The van der Waals surface area contributed by atoms with Gasteiger partial charge in [0.1, 0.15) is 5.78 Å². The highest BCUT2D eigenvalue weighted by Gasteiger charge is 2.30.